The number of carbonyl (C=O) groups excluding carboxylic acids is 1. The Bertz CT molecular complexity index is 104. The molecular formula is C7H16NO2+. The maximum atomic E-state index is 10.7. The van der Waals surface area contributed by atoms with Crippen molar-refractivity contribution in [2.24, 2.45) is 0 Å². The number of rotatable bonds is 5. The summed E-state index contributed by atoms with van der Waals surface area (Å²) in [5, 5.41) is 9.07. The van der Waals surface area contributed by atoms with Gasteiger partial charge in [0.25, 0.3) is 0 Å². The van der Waals surface area contributed by atoms with Crippen LogP contribution in [0, 0.1) is 0 Å². The Hall–Kier alpha value is -0.410. The molecule has 0 radical (unpaired) electrons. The molecule has 1 unspecified atom stereocenters. The van der Waals surface area contributed by atoms with Gasteiger partial charge in [0.1, 0.15) is 6.10 Å². The third-order valence-corrected chi connectivity index (χ3v) is 1.45. The molecule has 10 heavy (non-hydrogen) atoms. The first kappa shape index (κ1) is 9.59. The fourth-order valence-corrected chi connectivity index (χ4v) is 0.734. The van der Waals surface area contributed by atoms with E-state index in [9.17, 15) is 4.79 Å². The molecule has 1 atom stereocenters. The van der Waals surface area contributed by atoms with Crippen molar-refractivity contribution >= 4 is 5.78 Å². The largest absolute Gasteiger partial charge is 0.385 e. The molecule has 0 heterocycles. The van der Waals surface area contributed by atoms with Crippen LogP contribution in [0.15, 0.2) is 0 Å². The van der Waals surface area contributed by atoms with Crippen LogP contribution in [0.5, 0.6) is 0 Å². The lowest BCUT2D eigenvalue weighted by Crippen LogP contribution is -2.50. The normalized spacial score (nSPS) is 13.1. The number of ketones is 1. The maximum Gasteiger partial charge on any atom is 0.160 e. The molecule has 0 fully saturated rings. The third-order valence-electron chi connectivity index (χ3n) is 1.45. The van der Waals surface area contributed by atoms with E-state index >= 15 is 0 Å². The van der Waals surface area contributed by atoms with Crippen molar-refractivity contribution in [2.45, 2.75) is 32.3 Å². The van der Waals surface area contributed by atoms with Crippen LogP contribution in [0.1, 0.15) is 26.2 Å². The number of aliphatic hydroxyl groups is 1. The predicted octanol–water partition coefficient (Wildman–Crippen LogP) is -0.651. The summed E-state index contributed by atoms with van der Waals surface area (Å²) in [6, 6.07) is 0. The van der Waals surface area contributed by atoms with E-state index in [1.54, 1.807) is 6.92 Å². The Kier molecular flexibility index (Phi) is 5.16. The van der Waals surface area contributed by atoms with E-state index < -0.39 is 6.10 Å². The number of hydrogen-bond donors (Lipinski definition) is 2. The van der Waals surface area contributed by atoms with Gasteiger partial charge in [-0.15, -0.1) is 0 Å². The molecule has 0 bridgehead atoms. The highest BCUT2D eigenvalue weighted by Crippen LogP contribution is 1.98. The van der Waals surface area contributed by atoms with Gasteiger partial charge in [0, 0.05) is 6.42 Å². The van der Waals surface area contributed by atoms with Crippen molar-refractivity contribution in [3.05, 3.63) is 0 Å². The van der Waals surface area contributed by atoms with Crippen LogP contribution >= 0.6 is 0 Å². The van der Waals surface area contributed by atoms with Crippen LogP contribution in [0.2, 0.25) is 0 Å². The van der Waals surface area contributed by atoms with Gasteiger partial charge in [-0.2, -0.15) is 0 Å². The summed E-state index contributed by atoms with van der Waals surface area (Å²) in [6.07, 6.45) is 1.08. The van der Waals surface area contributed by atoms with Gasteiger partial charge in [-0.1, -0.05) is 6.92 Å². The first-order valence-corrected chi connectivity index (χ1v) is 3.72. The van der Waals surface area contributed by atoms with Gasteiger partial charge in [0.2, 0.25) is 0 Å². The molecule has 0 rings (SSSR count). The van der Waals surface area contributed by atoms with Gasteiger partial charge in [-0.3, -0.25) is 4.79 Å². The molecule has 0 spiro atoms. The van der Waals surface area contributed by atoms with Crippen LogP contribution in [0.3, 0.4) is 0 Å². The number of aliphatic hydroxyl groups excluding tert-OH is 1. The average Bonchev–Trinajstić information content (AvgIpc) is 1.98. The lowest BCUT2D eigenvalue weighted by Gasteiger charge is -2.04. The zero-order valence-corrected chi connectivity index (χ0v) is 6.47. The quantitative estimate of drug-likeness (QED) is 0.541. The van der Waals surface area contributed by atoms with E-state index in [-0.39, 0.29) is 5.78 Å². The molecule has 0 saturated carbocycles. The summed E-state index contributed by atoms with van der Waals surface area (Å²) < 4.78 is 0. The number of carbonyl (C=O) groups is 1. The van der Waals surface area contributed by atoms with Crippen LogP contribution in [-0.2, 0) is 4.79 Å². The van der Waals surface area contributed by atoms with Crippen molar-refractivity contribution < 1.29 is 15.6 Å². The molecule has 0 aromatic carbocycles. The number of hydrogen-bond acceptors (Lipinski definition) is 2. The van der Waals surface area contributed by atoms with E-state index in [0.717, 1.165) is 13.0 Å². The van der Waals surface area contributed by atoms with E-state index in [1.165, 1.54) is 0 Å². The second-order valence-corrected chi connectivity index (χ2v) is 2.33. The van der Waals surface area contributed by atoms with Gasteiger partial charge in [0.15, 0.2) is 5.78 Å². The summed E-state index contributed by atoms with van der Waals surface area (Å²) in [4.78, 5) is 10.7. The monoisotopic (exact) mass is 146 g/mol. The molecule has 4 N–H and O–H groups in total. The maximum absolute atomic E-state index is 10.7. The molecule has 0 aromatic rings. The highest BCUT2D eigenvalue weighted by atomic mass is 16.3. The SMILES string of the molecule is CCC(=O)C(O)CCC[NH3+]. The highest BCUT2D eigenvalue weighted by Gasteiger charge is 2.11. The highest BCUT2D eigenvalue weighted by molar-refractivity contribution is 5.82. The van der Waals surface area contributed by atoms with E-state index in [0.29, 0.717) is 12.8 Å². The standard InChI is InChI=1S/C7H15NO2/c1-2-6(9)7(10)4-3-5-8/h7,10H,2-5,8H2,1H3/p+1. The van der Waals surface area contributed by atoms with Crippen LogP contribution in [0.25, 0.3) is 0 Å². The zero-order chi connectivity index (χ0) is 7.98. The molecular weight excluding hydrogens is 130 g/mol. The van der Waals surface area contributed by atoms with E-state index in [2.05, 4.69) is 5.73 Å². The first-order valence-electron chi connectivity index (χ1n) is 3.72. The summed E-state index contributed by atoms with van der Waals surface area (Å²) in [6.45, 7) is 2.55. The Balaban J connectivity index is 3.41. The van der Waals surface area contributed by atoms with Crippen molar-refractivity contribution in [1.29, 1.82) is 0 Å². The summed E-state index contributed by atoms with van der Waals surface area (Å²) in [7, 11) is 0. The lowest BCUT2D eigenvalue weighted by molar-refractivity contribution is -0.368. The zero-order valence-electron chi connectivity index (χ0n) is 6.47. The molecule has 3 nitrogen and oxygen atoms in total. The molecule has 3 heteroatoms. The van der Waals surface area contributed by atoms with E-state index in [4.69, 9.17) is 5.11 Å². The Morgan fingerprint density at radius 3 is 2.70 bits per heavy atom. The average molecular weight is 146 g/mol. The molecule has 0 saturated heterocycles. The van der Waals surface area contributed by atoms with Crippen molar-refractivity contribution in [1.82, 2.24) is 0 Å². The van der Waals surface area contributed by atoms with Gasteiger partial charge in [-0.25, -0.2) is 0 Å². The van der Waals surface area contributed by atoms with Crippen LogP contribution in [0.4, 0.5) is 0 Å². The minimum atomic E-state index is -0.744. The minimum Gasteiger partial charge on any atom is -0.385 e. The molecule has 0 aliphatic carbocycles. The number of quaternary nitrogens is 1. The van der Waals surface area contributed by atoms with E-state index in [1.807, 2.05) is 0 Å². The molecule has 0 amide bonds. The fourth-order valence-electron chi connectivity index (χ4n) is 0.734. The number of Topliss-reactive ketones (excluding diaryl/α,β-unsaturated/α-hetero) is 1. The first-order chi connectivity index (χ1) is 4.72. The van der Waals surface area contributed by atoms with Gasteiger partial charge >= 0.3 is 0 Å². The lowest BCUT2D eigenvalue weighted by atomic mass is 10.1. The Morgan fingerprint density at radius 2 is 2.30 bits per heavy atom. The molecule has 60 valence electrons. The van der Waals surface area contributed by atoms with Gasteiger partial charge in [-0.05, 0) is 12.8 Å². The summed E-state index contributed by atoms with van der Waals surface area (Å²) >= 11 is 0. The van der Waals surface area contributed by atoms with Crippen molar-refractivity contribution in [2.75, 3.05) is 6.54 Å². The predicted molar refractivity (Wildman–Crippen MR) is 38.3 cm³/mol. The summed E-state index contributed by atoms with van der Waals surface area (Å²) in [5.74, 6) is -0.0616. The smallest absolute Gasteiger partial charge is 0.160 e. The van der Waals surface area contributed by atoms with Gasteiger partial charge < -0.3 is 10.8 Å². The van der Waals surface area contributed by atoms with Gasteiger partial charge in [0.05, 0.1) is 6.54 Å². The topological polar surface area (TPSA) is 64.9 Å². The Labute approximate surface area is 61.2 Å². The minimum absolute atomic E-state index is 0.0616. The second-order valence-electron chi connectivity index (χ2n) is 2.33. The molecule has 0 aliphatic rings. The summed E-state index contributed by atoms with van der Waals surface area (Å²) in [5.41, 5.74) is 3.62. The van der Waals surface area contributed by atoms with Crippen molar-refractivity contribution in [3.63, 3.8) is 0 Å². The third kappa shape index (κ3) is 3.58. The molecule has 0 aliphatic heterocycles. The van der Waals surface area contributed by atoms with Crippen LogP contribution < -0.4 is 5.73 Å². The Morgan fingerprint density at radius 1 is 1.70 bits per heavy atom. The fraction of sp³-hybridized carbons (Fsp3) is 0.857. The molecule has 0 aromatic heterocycles. The second kappa shape index (κ2) is 5.38. The van der Waals surface area contributed by atoms with Crippen LogP contribution in [-0.4, -0.2) is 23.5 Å². The van der Waals surface area contributed by atoms with Crippen molar-refractivity contribution in [3.8, 4) is 0 Å².